The number of hydrogen-bond donors (Lipinski definition) is 2. The highest BCUT2D eigenvalue weighted by molar-refractivity contribution is 7.80. The van der Waals surface area contributed by atoms with Crippen LogP contribution in [0.2, 0.25) is 0 Å². The van der Waals surface area contributed by atoms with Crippen molar-refractivity contribution in [3.8, 4) is 5.75 Å². The molecular weight excluding hydrogens is 518 g/mol. The lowest BCUT2D eigenvalue weighted by Crippen LogP contribution is -2.29. The van der Waals surface area contributed by atoms with Crippen molar-refractivity contribution in [2.24, 2.45) is 0 Å². The summed E-state index contributed by atoms with van der Waals surface area (Å²) in [6, 6.07) is 25.7. The first-order valence-electron chi connectivity index (χ1n) is 13.9. The van der Waals surface area contributed by atoms with Gasteiger partial charge in [0.05, 0.1) is 17.8 Å². The number of nitrogens with one attached hydrogen (secondary N) is 2. The first kappa shape index (κ1) is 26.1. The third kappa shape index (κ3) is 5.72. The summed E-state index contributed by atoms with van der Waals surface area (Å²) in [6.07, 6.45) is 12.7. The number of benzene rings is 2. The van der Waals surface area contributed by atoms with E-state index in [1.807, 2.05) is 79.0 Å². The van der Waals surface area contributed by atoms with Crippen LogP contribution < -0.4 is 20.3 Å². The second kappa shape index (κ2) is 11.9. The minimum absolute atomic E-state index is 0.0578. The Kier molecular flexibility index (Phi) is 7.77. The van der Waals surface area contributed by atoms with E-state index in [4.69, 9.17) is 17.0 Å². The highest BCUT2D eigenvalue weighted by Gasteiger charge is 2.41. The number of anilines is 2. The number of pyridine rings is 1. The SMILES string of the molecule is O=C(COc1ccccc1)Nc1ccc(N2C(=S)N[C@H](c3ccccn3)[C@@H]2c2ccn(C3CCCCC3)c2)cc1. The molecule has 2 fully saturated rings. The molecule has 40 heavy (non-hydrogen) atoms. The fraction of sp³-hybridized carbons (Fsp3) is 0.281. The van der Waals surface area contributed by atoms with Crippen molar-refractivity contribution in [1.82, 2.24) is 14.9 Å². The van der Waals surface area contributed by atoms with Crippen molar-refractivity contribution >= 4 is 34.6 Å². The Bertz CT molecular complexity index is 1440. The maximum atomic E-state index is 12.5. The third-order valence-electron chi connectivity index (χ3n) is 7.72. The number of carbonyl (C=O) groups is 1. The Balaban J connectivity index is 1.22. The van der Waals surface area contributed by atoms with Crippen LogP contribution >= 0.6 is 12.2 Å². The van der Waals surface area contributed by atoms with Crippen LogP contribution in [-0.2, 0) is 4.79 Å². The van der Waals surface area contributed by atoms with Crippen LogP contribution in [0.3, 0.4) is 0 Å². The van der Waals surface area contributed by atoms with Crippen molar-refractivity contribution in [2.75, 3.05) is 16.8 Å². The molecule has 4 aromatic rings. The highest BCUT2D eigenvalue weighted by atomic mass is 32.1. The zero-order valence-corrected chi connectivity index (χ0v) is 23.1. The van der Waals surface area contributed by atoms with E-state index in [1.165, 1.54) is 37.7 Å². The summed E-state index contributed by atoms with van der Waals surface area (Å²) in [4.78, 5) is 19.3. The molecular formula is C32H33N5O2S. The molecule has 2 aliphatic rings. The van der Waals surface area contributed by atoms with Crippen molar-refractivity contribution in [3.63, 3.8) is 0 Å². The van der Waals surface area contributed by atoms with Crippen molar-refractivity contribution < 1.29 is 9.53 Å². The van der Waals surface area contributed by atoms with Gasteiger partial charge in [-0.25, -0.2) is 0 Å². The molecule has 204 valence electrons. The molecule has 2 N–H and O–H groups in total. The second-order valence-electron chi connectivity index (χ2n) is 10.4. The number of rotatable bonds is 8. The number of amides is 1. The predicted molar refractivity (Wildman–Crippen MR) is 161 cm³/mol. The zero-order valence-electron chi connectivity index (χ0n) is 22.3. The van der Waals surface area contributed by atoms with Gasteiger partial charge in [-0.05, 0) is 85.2 Å². The van der Waals surface area contributed by atoms with E-state index in [0.29, 0.717) is 22.6 Å². The molecule has 0 spiro atoms. The molecule has 1 aliphatic heterocycles. The van der Waals surface area contributed by atoms with E-state index < -0.39 is 0 Å². The van der Waals surface area contributed by atoms with Crippen molar-refractivity contribution in [3.05, 3.63) is 109 Å². The molecule has 2 atom stereocenters. The lowest BCUT2D eigenvalue weighted by Gasteiger charge is -2.28. The number of para-hydroxylation sites is 1. The summed E-state index contributed by atoms with van der Waals surface area (Å²) in [6.45, 7) is -0.0578. The molecule has 1 saturated carbocycles. The number of thiocarbonyl (C=S) groups is 1. The normalized spacial score (nSPS) is 19.3. The van der Waals surface area contributed by atoms with Crippen molar-refractivity contribution in [1.29, 1.82) is 0 Å². The van der Waals surface area contributed by atoms with Gasteiger partial charge in [-0.1, -0.05) is 43.5 Å². The predicted octanol–water partition coefficient (Wildman–Crippen LogP) is 6.58. The Morgan fingerprint density at radius 1 is 0.975 bits per heavy atom. The Hall–Kier alpha value is -4.17. The van der Waals surface area contributed by atoms with Gasteiger partial charge < -0.3 is 24.8 Å². The van der Waals surface area contributed by atoms with Crippen LogP contribution in [0.25, 0.3) is 0 Å². The molecule has 8 heteroatoms. The van der Waals surface area contributed by atoms with Gasteiger partial charge in [-0.15, -0.1) is 0 Å². The van der Waals surface area contributed by atoms with Gasteiger partial charge in [0.25, 0.3) is 5.91 Å². The monoisotopic (exact) mass is 551 g/mol. The lowest BCUT2D eigenvalue weighted by atomic mass is 9.95. The smallest absolute Gasteiger partial charge is 0.262 e. The van der Waals surface area contributed by atoms with E-state index >= 15 is 0 Å². The average molecular weight is 552 g/mol. The van der Waals surface area contributed by atoms with Crippen molar-refractivity contribution in [2.45, 2.75) is 50.2 Å². The molecule has 0 radical (unpaired) electrons. The first-order valence-corrected chi connectivity index (χ1v) is 14.3. The highest BCUT2D eigenvalue weighted by Crippen LogP contribution is 2.42. The van der Waals surface area contributed by atoms with Crippen LogP contribution in [-0.4, -0.2) is 27.2 Å². The summed E-state index contributed by atoms with van der Waals surface area (Å²) < 4.78 is 7.96. The Labute approximate surface area is 240 Å². The van der Waals surface area contributed by atoms with Gasteiger partial charge in [0, 0.05) is 36.0 Å². The molecule has 7 nitrogen and oxygen atoms in total. The standard InChI is InChI=1S/C32H33N5O2S/c38-29(22-39-27-11-5-2-6-12-27)34-24-14-16-26(17-15-24)37-31(30(35-32(37)40)28-13-7-8-19-33-28)23-18-20-36(21-23)25-9-3-1-4-10-25/h2,5-8,11-21,25,30-31H,1,3-4,9-10,22H2,(H,34,38)(H,35,40)/t30-,31+/m1/s1. The van der Waals surface area contributed by atoms with Crippen LogP contribution in [0.1, 0.15) is 61.5 Å². The van der Waals surface area contributed by atoms with Crippen LogP contribution in [0.15, 0.2) is 97.5 Å². The van der Waals surface area contributed by atoms with E-state index in [9.17, 15) is 4.79 Å². The molecule has 0 unspecified atom stereocenters. The van der Waals surface area contributed by atoms with Gasteiger partial charge >= 0.3 is 0 Å². The Morgan fingerprint density at radius 3 is 2.50 bits per heavy atom. The topological polar surface area (TPSA) is 71.4 Å². The minimum atomic E-state index is -0.216. The fourth-order valence-electron chi connectivity index (χ4n) is 5.75. The molecule has 6 rings (SSSR count). The fourth-order valence-corrected chi connectivity index (χ4v) is 6.10. The molecule has 2 aromatic heterocycles. The number of nitrogens with zero attached hydrogens (tertiary/aromatic N) is 3. The van der Waals surface area contributed by atoms with Gasteiger partial charge in [0.2, 0.25) is 0 Å². The van der Waals surface area contributed by atoms with E-state index in [2.05, 4.69) is 43.5 Å². The minimum Gasteiger partial charge on any atom is -0.484 e. The molecule has 1 amide bonds. The third-order valence-corrected chi connectivity index (χ3v) is 8.03. The molecule has 1 aliphatic carbocycles. The molecule has 0 bridgehead atoms. The summed E-state index contributed by atoms with van der Waals surface area (Å²) in [5.74, 6) is 0.445. The molecule has 2 aromatic carbocycles. The van der Waals surface area contributed by atoms with Gasteiger partial charge in [0.1, 0.15) is 5.75 Å². The van der Waals surface area contributed by atoms with Gasteiger partial charge in [-0.2, -0.15) is 0 Å². The van der Waals surface area contributed by atoms with Crippen LogP contribution in [0.4, 0.5) is 11.4 Å². The van der Waals surface area contributed by atoms with E-state index in [-0.39, 0.29) is 24.6 Å². The number of carbonyl (C=O) groups excluding carboxylic acids is 1. The lowest BCUT2D eigenvalue weighted by molar-refractivity contribution is -0.118. The molecule has 3 heterocycles. The maximum Gasteiger partial charge on any atom is 0.262 e. The summed E-state index contributed by atoms with van der Waals surface area (Å²) >= 11 is 5.89. The summed E-state index contributed by atoms with van der Waals surface area (Å²) in [5, 5.41) is 7.10. The summed E-state index contributed by atoms with van der Waals surface area (Å²) in [7, 11) is 0. The molecule has 1 saturated heterocycles. The zero-order chi connectivity index (χ0) is 27.3. The average Bonchev–Trinajstić information content (AvgIpc) is 3.63. The number of aromatic nitrogens is 2. The van der Waals surface area contributed by atoms with Crippen LogP contribution in [0.5, 0.6) is 5.75 Å². The number of ether oxygens (including phenoxy) is 1. The number of hydrogen-bond acceptors (Lipinski definition) is 4. The Morgan fingerprint density at radius 2 is 1.75 bits per heavy atom. The summed E-state index contributed by atoms with van der Waals surface area (Å²) in [5.41, 5.74) is 3.80. The largest absolute Gasteiger partial charge is 0.484 e. The van der Waals surface area contributed by atoms with E-state index in [1.54, 1.807) is 0 Å². The van der Waals surface area contributed by atoms with Gasteiger partial charge in [0.15, 0.2) is 11.7 Å². The van der Waals surface area contributed by atoms with E-state index in [0.717, 1.165) is 11.4 Å². The van der Waals surface area contributed by atoms with Crippen LogP contribution in [0, 0.1) is 0 Å². The first-order chi connectivity index (χ1) is 19.7. The maximum absolute atomic E-state index is 12.5. The second-order valence-corrected chi connectivity index (χ2v) is 10.8. The quantitative estimate of drug-likeness (QED) is 0.241. The van der Waals surface area contributed by atoms with Gasteiger partial charge in [-0.3, -0.25) is 9.78 Å².